The van der Waals surface area contributed by atoms with Crippen LogP contribution in [0.25, 0.3) is 0 Å². The van der Waals surface area contributed by atoms with E-state index in [9.17, 15) is 4.79 Å². The van der Waals surface area contributed by atoms with Crippen LogP contribution in [0.2, 0.25) is 0 Å². The number of hydrogen-bond acceptors (Lipinski definition) is 4. The Morgan fingerprint density at radius 2 is 2.09 bits per heavy atom. The lowest BCUT2D eigenvalue weighted by Gasteiger charge is -2.12. The van der Waals surface area contributed by atoms with E-state index in [1.165, 1.54) is 19.3 Å². The first kappa shape index (κ1) is 17.8. The van der Waals surface area contributed by atoms with Crippen molar-refractivity contribution in [3.05, 3.63) is 23.8 Å². The fraction of sp³-hybridized carbons (Fsp3) is 0.529. The van der Waals surface area contributed by atoms with Crippen molar-refractivity contribution in [1.82, 2.24) is 5.32 Å². The SMILES string of the molecule is CCCCCCOc1ccc(CNC(=O)CC#N)cc1OC. The maximum absolute atomic E-state index is 11.3. The van der Waals surface area contributed by atoms with Gasteiger partial charge in [-0.1, -0.05) is 32.3 Å². The van der Waals surface area contributed by atoms with Gasteiger partial charge in [-0.05, 0) is 24.1 Å². The van der Waals surface area contributed by atoms with Crippen LogP contribution >= 0.6 is 0 Å². The average molecular weight is 304 g/mol. The van der Waals surface area contributed by atoms with Crippen LogP contribution in [0.15, 0.2) is 18.2 Å². The molecule has 5 nitrogen and oxygen atoms in total. The Morgan fingerprint density at radius 1 is 1.27 bits per heavy atom. The van der Waals surface area contributed by atoms with Crippen LogP contribution in [0.5, 0.6) is 11.5 Å². The Hall–Kier alpha value is -2.22. The van der Waals surface area contributed by atoms with E-state index in [0.717, 1.165) is 12.0 Å². The van der Waals surface area contributed by atoms with Crippen LogP contribution in [0.1, 0.15) is 44.6 Å². The molecule has 0 atom stereocenters. The van der Waals surface area contributed by atoms with Crippen molar-refractivity contribution in [1.29, 1.82) is 5.26 Å². The lowest BCUT2D eigenvalue weighted by atomic mass is 10.2. The Kier molecular flexibility index (Phi) is 8.51. The van der Waals surface area contributed by atoms with E-state index in [2.05, 4.69) is 12.2 Å². The predicted octanol–water partition coefficient (Wildman–Crippen LogP) is 3.18. The maximum Gasteiger partial charge on any atom is 0.234 e. The standard InChI is InChI=1S/C17H24N2O3/c1-3-4-5-6-11-22-15-8-7-14(12-16(15)21-2)13-19-17(20)9-10-18/h7-8,12H,3-6,9,11,13H2,1-2H3,(H,19,20). The third-order valence-electron chi connectivity index (χ3n) is 3.21. The van der Waals surface area contributed by atoms with Gasteiger partial charge in [0.15, 0.2) is 11.5 Å². The van der Waals surface area contributed by atoms with E-state index >= 15 is 0 Å². The second-order valence-electron chi connectivity index (χ2n) is 5.01. The number of nitrogens with one attached hydrogen (secondary N) is 1. The lowest BCUT2D eigenvalue weighted by Crippen LogP contribution is -2.21. The zero-order chi connectivity index (χ0) is 16.2. The number of unbranched alkanes of at least 4 members (excludes halogenated alkanes) is 3. The highest BCUT2D eigenvalue weighted by Gasteiger charge is 2.07. The van der Waals surface area contributed by atoms with Crippen LogP contribution < -0.4 is 14.8 Å². The fourth-order valence-electron chi connectivity index (χ4n) is 1.99. The van der Waals surface area contributed by atoms with Gasteiger partial charge >= 0.3 is 0 Å². The van der Waals surface area contributed by atoms with Crippen molar-refractivity contribution >= 4 is 5.91 Å². The van der Waals surface area contributed by atoms with Gasteiger partial charge in [0.2, 0.25) is 5.91 Å². The zero-order valence-corrected chi connectivity index (χ0v) is 13.4. The summed E-state index contributed by atoms with van der Waals surface area (Å²) in [5.41, 5.74) is 0.904. The van der Waals surface area contributed by atoms with Crippen molar-refractivity contribution in [3.63, 3.8) is 0 Å². The number of benzene rings is 1. The molecule has 1 aromatic rings. The smallest absolute Gasteiger partial charge is 0.234 e. The normalized spacial score (nSPS) is 9.86. The van der Waals surface area contributed by atoms with Gasteiger partial charge in [-0.25, -0.2) is 0 Å². The number of nitrogens with zero attached hydrogens (tertiary/aromatic N) is 1. The third-order valence-corrected chi connectivity index (χ3v) is 3.21. The topological polar surface area (TPSA) is 71.3 Å². The summed E-state index contributed by atoms with van der Waals surface area (Å²) >= 11 is 0. The summed E-state index contributed by atoms with van der Waals surface area (Å²) in [5.74, 6) is 1.09. The Labute approximate surface area is 132 Å². The molecular formula is C17H24N2O3. The van der Waals surface area contributed by atoms with Gasteiger partial charge in [0.05, 0.1) is 19.8 Å². The second kappa shape index (κ2) is 10.5. The van der Waals surface area contributed by atoms with Crippen LogP contribution in [0.4, 0.5) is 0 Å². The number of rotatable bonds is 10. The molecule has 0 unspecified atom stereocenters. The van der Waals surface area contributed by atoms with Gasteiger partial charge < -0.3 is 14.8 Å². The van der Waals surface area contributed by atoms with E-state index in [1.807, 2.05) is 24.3 Å². The van der Waals surface area contributed by atoms with E-state index in [1.54, 1.807) is 7.11 Å². The van der Waals surface area contributed by atoms with E-state index in [4.69, 9.17) is 14.7 Å². The summed E-state index contributed by atoms with van der Waals surface area (Å²) in [5, 5.41) is 11.1. The molecule has 0 saturated carbocycles. The number of ether oxygens (including phenoxy) is 2. The molecule has 0 bridgehead atoms. The molecule has 1 rings (SSSR count). The predicted molar refractivity (Wildman–Crippen MR) is 84.7 cm³/mol. The first-order chi connectivity index (χ1) is 10.7. The van der Waals surface area contributed by atoms with Crippen LogP contribution in [-0.2, 0) is 11.3 Å². The Morgan fingerprint density at radius 3 is 2.77 bits per heavy atom. The number of amides is 1. The molecule has 1 N–H and O–H groups in total. The summed E-state index contributed by atoms with van der Waals surface area (Å²) in [4.78, 5) is 11.3. The number of hydrogen-bond donors (Lipinski definition) is 1. The van der Waals surface area contributed by atoms with Crippen LogP contribution in [0, 0.1) is 11.3 Å². The van der Waals surface area contributed by atoms with Gasteiger partial charge in [0.1, 0.15) is 6.42 Å². The van der Waals surface area contributed by atoms with Crippen molar-refractivity contribution in [3.8, 4) is 17.6 Å². The lowest BCUT2D eigenvalue weighted by molar-refractivity contribution is -0.120. The summed E-state index contributed by atoms with van der Waals surface area (Å²) < 4.78 is 11.1. The molecular weight excluding hydrogens is 280 g/mol. The molecule has 22 heavy (non-hydrogen) atoms. The summed E-state index contributed by atoms with van der Waals surface area (Å²) in [7, 11) is 1.59. The minimum atomic E-state index is -0.280. The van der Waals surface area contributed by atoms with Crippen molar-refractivity contribution in [2.75, 3.05) is 13.7 Å². The molecule has 0 aliphatic rings. The molecule has 0 fully saturated rings. The molecule has 0 spiro atoms. The van der Waals surface area contributed by atoms with E-state index in [0.29, 0.717) is 24.7 Å². The summed E-state index contributed by atoms with van der Waals surface area (Å²) in [6, 6.07) is 7.39. The molecule has 1 aromatic carbocycles. The van der Waals surface area contributed by atoms with Gasteiger partial charge in [-0.15, -0.1) is 0 Å². The Balaban J connectivity index is 2.51. The molecule has 0 aliphatic carbocycles. The first-order valence-corrected chi connectivity index (χ1v) is 7.64. The van der Waals surface area contributed by atoms with E-state index < -0.39 is 0 Å². The highest BCUT2D eigenvalue weighted by Crippen LogP contribution is 2.28. The van der Waals surface area contributed by atoms with Gasteiger partial charge in [0, 0.05) is 6.54 Å². The molecule has 0 aliphatic heterocycles. The second-order valence-corrected chi connectivity index (χ2v) is 5.01. The number of carbonyl (C=O) groups is 1. The summed E-state index contributed by atoms with van der Waals surface area (Å²) in [6.45, 7) is 3.22. The van der Waals surface area contributed by atoms with Crippen LogP contribution in [-0.4, -0.2) is 19.6 Å². The number of carbonyl (C=O) groups excluding carboxylic acids is 1. The van der Waals surface area contributed by atoms with Crippen molar-refractivity contribution in [2.24, 2.45) is 0 Å². The highest BCUT2D eigenvalue weighted by atomic mass is 16.5. The molecule has 0 saturated heterocycles. The largest absolute Gasteiger partial charge is 0.493 e. The number of methoxy groups -OCH3 is 1. The Bertz CT molecular complexity index is 509. The van der Waals surface area contributed by atoms with Crippen LogP contribution in [0.3, 0.4) is 0 Å². The quantitative estimate of drug-likeness (QED) is 0.674. The molecule has 0 aromatic heterocycles. The minimum Gasteiger partial charge on any atom is -0.493 e. The summed E-state index contributed by atoms with van der Waals surface area (Å²) in [6.07, 6.45) is 4.50. The first-order valence-electron chi connectivity index (χ1n) is 7.64. The van der Waals surface area contributed by atoms with Gasteiger partial charge in [-0.2, -0.15) is 5.26 Å². The zero-order valence-electron chi connectivity index (χ0n) is 13.4. The number of nitriles is 1. The third kappa shape index (κ3) is 6.49. The molecule has 0 radical (unpaired) electrons. The van der Waals surface area contributed by atoms with E-state index in [-0.39, 0.29) is 12.3 Å². The molecule has 0 heterocycles. The van der Waals surface area contributed by atoms with Gasteiger partial charge in [-0.3, -0.25) is 4.79 Å². The van der Waals surface area contributed by atoms with Gasteiger partial charge in [0.25, 0.3) is 0 Å². The highest BCUT2D eigenvalue weighted by molar-refractivity contribution is 5.77. The average Bonchev–Trinajstić information content (AvgIpc) is 2.53. The minimum absolute atomic E-state index is 0.129. The maximum atomic E-state index is 11.3. The molecule has 1 amide bonds. The molecule has 120 valence electrons. The van der Waals surface area contributed by atoms with Crippen molar-refractivity contribution < 1.29 is 14.3 Å². The monoisotopic (exact) mass is 304 g/mol. The molecule has 5 heteroatoms. The fourth-order valence-corrected chi connectivity index (χ4v) is 1.99. The van der Waals surface area contributed by atoms with Crippen molar-refractivity contribution in [2.45, 2.75) is 45.6 Å².